The van der Waals surface area contributed by atoms with E-state index in [1.807, 2.05) is 18.2 Å². The van der Waals surface area contributed by atoms with Crippen molar-refractivity contribution in [3.05, 3.63) is 68.6 Å². The maximum Gasteiger partial charge on any atom is 0.309 e. The molecule has 8 nitrogen and oxygen atoms in total. The molecule has 0 radical (unpaired) electrons. The van der Waals surface area contributed by atoms with Gasteiger partial charge >= 0.3 is 5.69 Å². The molecule has 1 aromatic carbocycles. The zero-order valence-corrected chi connectivity index (χ0v) is 12.9. The first kappa shape index (κ1) is 15.2. The summed E-state index contributed by atoms with van der Waals surface area (Å²) in [5, 5.41) is 23.3. The van der Waals surface area contributed by atoms with Gasteiger partial charge < -0.3 is 4.42 Å². The molecule has 0 aliphatic rings. The number of hydrogen-bond acceptors (Lipinski definition) is 6. The number of hydrogen-bond donors (Lipinski definition) is 0. The van der Waals surface area contributed by atoms with Gasteiger partial charge in [0.2, 0.25) is 11.8 Å². The Morgan fingerprint density at radius 3 is 2.83 bits per heavy atom. The van der Waals surface area contributed by atoms with Crippen molar-refractivity contribution in [2.24, 2.45) is 0 Å². The first-order valence-corrected chi connectivity index (χ1v) is 7.13. The molecule has 3 aromatic rings. The van der Waals surface area contributed by atoms with Crippen LogP contribution in [0.15, 0.2) is 34.9 Å². The maximum atomic E-state index is 10.8. The molecule has 0 aliphatic heterocycles. The topological polar surface area (TPSA) is 99.9 Å². The number of halogens is 1. The molecular formula is C14H12ClN5O3. The molecule has 0 bridgehead atoms. The van der Waals surface area contributed by atoms with Gasteiger partial charge in [-0.25, -0.2) is 0 Å². The van der Waals surface area contributed by atoms with E-state index >= 15 is 0 Å². The van der Waals surface area contributed by atoms with Crippen molar-refractivity contribution < 1.29 is 9.34 Å². The van der Waals surface area contributed by atoms with Crippen molar-refractivity contribution in [2.75, 3.05) is 0 Å². The molecule has 0 unspecified atom stereocenters. The number of nitro groups is 1. The average molecular weight is 334 g/mol. The van der Waals surface area contributed by atoms with E-state index in [-0.39, 0.29) is 12.2 Å². The Kier molecular flexibility index (Phi) is 4.07. The summed E-state index contributed by atoms with van der Waals surface area (Å²) >= 11 is 5.94. The van der Waals surface area contributed by atoms with Gasteiger partial charge in [-0.15, -0.1) is 10.2 Å². The molecular weight excluding hydrogens is 322 g/mol. The summed E-state index contributed by atoms with van der Waals surface area (Å²) in [6.07, 6.45) is 1.67. The molecule has 0 fully saturated rings. The van der Waals surface area contributed by atoms with E-state index in [4.69, 9.17) is 16.0 Å². The maximum absolute atomic E-state index is 10.8. The van der Waals surface area contributed by atoms with Gasteiger partial charge in [-0.1, -0.05) is 23.7 Å². The Morgan fingerprint density at radius 2 is 2.13 bits per heavy atom. The van der Waals surface area contributed by atoms with Gasteiger partial charge in [-0.2, -0.15) is 5.10 Å². The van der Waals surface area contributed by atoms with E-state index in [1.54, 1.807) is 13.0 Å². The summed E-state index contributed by atoms with van der Waals surface area (Å²) in [6.45, 7) is 1.80. The van der Waals surface area contributed by atoms with Crippen molar-refractivity contribution in [1.82, 2.24) is 20.0 Å². The standard InChI is InChI=1S/C14H12ClN5O3/c1-9-12(20(21)22)7-16-19(9)8-14-18-17-13(23-14)6-10-3-2-4-11(15)5-10/h2-5,7H,6,8H2,1H3. The smallest absolute Gasteiger partial charge is 0.309 e. The van der Waals surface area contributed by atoms with Gasteiger partial charge in [-0.3, -0.25) is 14.8 Å². The Morgan fingerprint density at radius 1 is 1.35 bits per heavy atom. The Balaban J connectivity index is 1.74. The summed E-state index contributed by atoms with van der Waals surface area (Å²) in [6, 6.07) is 7.38. The fraction of sp³-hybridized carbons (Fsp3) is 0.214. The van der Waals surface area contributed by atoms with Crippen LogP contribution in [0.2, 0.25) is 5.02 Å². The molecule has 0 N–H and O–H groups in total. The van der Waals surface area contributed by atoms with Gasteiger partial charge in [0.05, 0.1) is 11.3 Å². The largest absolute Gasteiger partial charge is 0.423 e. The van der Waals surface area contributed by atoms with Crippen LogP contribution in [0.25, 0.3) is 0 Å². The van der Waals surface area contributed by atoms with Crippen molar-refractivity contribution in [3.63, 3.8) is 0 Å². The third-order valence-corrected chi connectivity index (χ3v) is 3.55. The molecule has 0 atom stereocenters. The van der Waals surface area contributed by atoms with Gasteiger partial charge in [0, 0.05) is 5.02 Å². The van der Waals surface area contributed by atoms with Crippen LogP contribution in [0.5, 0.6) is 0 Å². The lowest BCUT2D eigenvalue weighted by molar-refractivity contribution is -0.385. The molecule has 118 valence electrons. The van der Waals surface area contributed by atoms with Crippen molar-refractivity contribution in [1.29, 1.82) is 0 Å². The van der Waals surface area contributed by atoms with Gasteiger partial charge in [0.15, 0.2) is 0 Å². The normalized spacial score (nSPS) is 10.9. The average Bonchev–Trinajstić information content (AvgIpc) is 3.07. The fourth-order valence-electron chi connectivity index (χ4n) is 2.15. The molecule has 9 heteroatoms. The van der Waals surface area contributed by atoms with E-state index in [1.165, 1.54) is 10.9 Å². The van der Waals surface area contributed by atoms with Crippen molar-refractivity contribution in [2.45, 2.75) is 19.9 Å². The number of aromatic nitrogens is 4. The number of nitrogens with zero attached hydrogens (tertiary/aromatic N) is 5. The Labute approximate surface area is 135 Å². The minimum atomic E-state index is -0.475. The quantitative estimate of drug-likeness (QED) is 0.525. The Hall–Kier alpha value is -2.74. The highest BCUT2D eigenvalue weighted by atomic mass is 35.5. The van der Waals surface area contributed by atoms with E-state index in [2.05, 4.69) is 15.3 Å². The lowest BCUT2D eigenvalue weighted by Crippen LogP contribution is -2.04. The fourth-order valence-corrected chi connectivity index (χ4v) is 2.36. The zero-order valence-electron chi connectivity index (χ0n) is 12.1. The van der Waals surface area contributed by atoms with E-state index in [9.17, 15) is 10.1 Å². The highest BCUT2D eigenvalue weighted by Crippen LogP contribution is 2.18. The van der Waals surface area contributed by atoms with Crippen LogP contribution >= 0.6 is 11.6 Å². The van der Waals surface area contributed by atoms with Gasteiger partial charge in [0.25, 0.3) is 0 Å². The van der Waals surface area contributed by atoms with Crippen molar-refractivity contribution >= 4 is 17.3 Å². The molecule has 2 aromatic heterocycles. The van der Waals surface area contributed by atoms with Gasteiger partial charge in [-0.05, 0) is 24.6 Å². The number of benzene rings is 1. The second-order valence-corrected chi connectivity index (χ2v) is 5.36. The SMILES string of the molecule is Cc1c([N+](=O)[O-])cnn1Cc1nnc(Cc2cccc(Cl)c2)o1. The van der Waals surface area contributed by atoms with E-state index < -0.39 is 4.92 Å². The highest BCUT2D eigenvalue weighted by Gasteiger charge is 2.18. The van der Waals surface area contributed by atoms with E-state index in [0.717, 1.165) is 5.56 Å². The molecule has 0 aliphatic carbocycles. The summed E-state index contributed by atoms with van der Waals surface area (Å²) in [5.41, 5.74) is 1.35. The predicted molar refractivity (Wildman–Crippen MR) is 81.3 cm³/mol. The second-order valence-electron chi connectivity index (χ2n) is 4.93. The van der Waals surface area contributed by atoms with E-state index in [0.29, 0.717) is 28.9 Å². The molecule has 3 rings (SSSR count). The summed E-state index contributed by atoms with van der Waals surface area (Å²) in [4.78, 5) is 10.3. The lowest BCUT2D eigenvalue weighted by atomic mass is 10.1. The second kappa shape index (κ2) is 6.17. The lowest BCUT2D eigenvalue weighted by Gasteiger charge is -1.99. The first-order chi connectivity index (χ1) is 11.0. The molecule has 0 saturated carbocycles. The van der Waals surface area contributed by atoms with Gasteiger partial charge in [0.1, 0.15) is 18.4 Å². The third-order valence-electron chi connectivity index (χ3n) is 3.31. The predicted octanol–water partition coefficient (Wildman–Crippen LogP) is 2.78. The first-order valence-electron chi connectivity index (χ1n) is 6.75. The van der Waals surface area contributed by atoms with Crippen LogP contribution in [0, 0.1) is 17.0 Å². The minimum absolute atomic E-state index is 0.0383. The van der Waals surface area contributed by atoms with Crippen molar-refractivity contribution in [3.8, 4) is 0 Å². The van der Waals surface area contributed by atoms with Crippen LogP contribution in [0.4, 0.5) is 5.69 Å². The summed E-state index contributed by atoms with van der Waals surface area (Å²) in [7, 11) is 0. The zero-order chi connectivity index (χ0) is 16.4. The Bertz CT molecular complexity index is 858. The summed E-state index contributed by atoms with van der Waals surface area (Å²) in [5.74, 6) is 0.782. The third kappa shape index (κ3) is 3.37. The molecule has 2 heterocycles. The number of rotatable bonds is 5. The molecule has 0 saturated heterocycles. The van der Waals surface area contributed by atoms with Crippen LogP contribution in [0.1, 0.15) is 23.0 Å². The molecule has 23 heavy (non-hydrogen) atoms. The highest BCUT2D eigenvalue weighted by molar-refractivity contribution is 6.30. The molecule has 0 spiro atoms. The minimum Gasteiger partial charge on any atom is -0.423 e. The summed E-state index contributed by atoms with van der Waals surface area (Å²) < 4.78 is 7.01. The van der Waals surface area contributed by atoms with Crippen LogP contribution in [-0.4, -0.2) is 24.9 Å². The molecule has 0 amide bonds. The van der Waals surface area contributed by atoms with Crippen LogP contribution < -0.4 is 0 Å². The monoisotopic (exact) mass is 333 g/mol. The van der Waals surface area contributed by atoms with Crippen LogP contribution in [0.3, 0.4) is 0 Å². The van der Waals surface area contributed by atoms with Crippen LogP contribution in [-0.2, 0) is 13.0 Å².